The summed E-state index contributed by atoms with van der Waals surface area (Å²) in [5, 5.41) is 2.73. The fourth-order valence-electron chi connectivity index (χ4n) is 1.62. The zero-order valence-electron chi connectivity index (χ0n) is 11.9. The number of amides is 1. The lowest BCUT2D eigenvalue weighted by Gasteiger charge is -2.15. The average molecular weight is 399 g/mol. The Kier molecular flexibility index (Phi) is 6.49. The lowest BCUT2D eigenvalue weighted by atomic mass is 10.2. The van der Waals surface area contributed by atoms with E-state index in [4.69, 9.17) is 15.4 Å². The van der Waals surface area contributed by atoms with Crippen molar-refractivity contribution in [2.75, 3.05) is 6.61 Å². The second kappa shape index (κ2) is 7.47. The number of carbonyl (C=O) groups excluding carboxylic acids is 1. The van der Waals surface area contributed by atoms with Gasteiger partial charge in [-0.3, -0.25) is 4.79 Å². The van der Waals surface area contributed by atoms with Crippen LogP contribution in [-0.4, -0.2) is 27.0 Å². The Morgan fingerprint density at radius 3 is 2.62 bits per heavy atom. The zero-order chi connectivity index (χ0) is 16.2. The Balaban J connectivity index is 2.96. The summed E-state index contributed by atoms with van der Waals surface area (Å²) in [6, 6.07) is 3.06. The van der Waals surface area contributed by atoms with Crippen molar-refractivity contribution in [3.05, 3.63) is 22.2 Å². The van der Waals surface area contributed by atoms with Crippen LogP contribution >= 0.6 is 26.6 Å². The molecule has 5 nitrogen and oxygen atoms in total. The van der Waals surface area contributed by atoms with E-state index in [9.17, 15) is 13.2 Å². The van der Waals surface area contributed by atoms with Crippen LogP contribution in [0.3, 0.4) is 0 Å². The molecule has 1 rings (SSSR count). The predicted octanol–water partition coefficient (Wildman–Crippen LogP) is 2.98. The van der Waals surface area contributed by atoms with Crippen molar-refractivity contribution in [3.8, 4) is 5.75 Å². The number of hydrogen-bond donors (Lipinski definition) is 1. The summed E-state index contributed by atoms with van der Waals surface area (Å²) in [6.07, 6.45) is 0.796. The van der Waals surface area contributed by atoms with Crippen LogP contribution in [0.4, 0.5) is 0 Å². The lowest BCUT2D eigenvalue weighted by Crippen LogP contribution is -2.35. The van der Waals surface area contributed by atoms with Gasteiger partial charge in [-0.2, -0.15) is 0 Å². The molecular formula is C13H17BrClNO4S. The van der Waals surface area contributed by atoms with Crippen molar-refractivity contribution >= 4 is 41.6 Å². The largest absolute Gasteiger partial charge is 0.482 e. The van der Waals surface area contributed by atoms with E-state index >= 15 is 0 Å². The molecule has 21 heavy (non-hydrogen) atoms. The molecule has 0 aliphatic heterocycles. The normalized spacial score (nSPS) is 12.8. The molecule has 0 radical (unpaired) electrons. The molecule has 1 atom stereocenters. The van der Waals surface area contributed by atoms with Gasteiger partial charge in [-0.15, -0.1) is 0 Å². The molecule has 0 saturated carbocycles. The van der Waals surface area contributed by atoms with E-state index in [1.54, 1.807) is 13.0 Å². The van der Waals surface area contributed by atoms with Gasteiger partial charge < -0.3 is 10.1 Å². The molecule has 8 heteroatoms. The SMILES string of the molecule is CCC(C)NC(=O)COc1c(C)cc(Br)cc1S(=O)(=O)Cl. The van der Waals surface area contributed by atoms with E-state index in [1.807, 2.05) is 13.8 Å². The van der Waals surface area contributed by atoms with Crippen LogP contribution in [0.5, 0.6) is 5.75 Å². The Morgan fingerprint density at radius 2 is 2.10 bits per heavy atom. The minimum absolute atomic E-state index is 0.0309. The standard InChI is InChI=1S/C13H17BrClNO4S/c1-4-9(3)16-12(17)7-20-13-8(2)5-10(14)6-11(13)21(15,18)19/h5-6,9H,4,7H2,1-3H3,(H,16,17). The lowest BCUT2D eigenvalue weighted by molar-refractivity contribution is -0.123. The average Bonchev–Trinajstić information content (AvgIpc) is 2.35. The van der Waals surface area contributed by atoms with Gasteiger partial charge in [-0.1, -0.05) is 22.9 Å². The summed E-state index contributed by atoms with van der Waals surface area (Å²) in [7, 11) is 1.43. The molecule has 1 N–H and O–H groups in total. The molecule has 1 aromatic rings. The second-order valence-corrected chi connectivity index (χ2v) is 8.10. The van der Waals surface area contributed by atoms with Crippen LogP contribution in [0.1, 0.15) is 25.8 Å². The van der Waals surface area contributed by atoms with Gasteiger partial charge in [0.15, 0.2) is 6.61 Å². The highest BCUT2D eigenvalue weighted by Crippen LogP contribution is 2.33. The van der Waals surface area contributed by atoms with Crippen molar-refractivity contribution in [3.63, 3.8) is 0 Å². The molecule has 0 aliphatic carbocycles. The van der Waals surface area contributed by atoms with Crippen LogP contribution in [0.25, 0.3) is 0 Å². The molecule has 0 heterocycles. The fourth-order valence-corrected chi connectivity index (χ4v) is 3.40. The number of carbonyl (C=O) groups is 1. The van der Waals surface area contributed by atoms with E-state index in [0.29, 0.717) is 10.0 Å². The van der Waals surface area contributed by atoms with Gasteiger partial charge >= 0.3 is 0 Å². The molecule has 1 aromatic carbocycles. The first-order valence-corrected chi connectivity index (χ1v) is 9.42. The van der Waals surface area contributed by atoms with Crippen molar-refractivity contribution in [1.82, 2.24) is 5.32 Å². The van der Waals surface area contributed by atoms with Crippen molar-refractivity contribution in [2.24, 2.45) is 0 Å². The number of aryl methyl sites for hydroxylation is 1. The number of halogens is 2. The van der Waals surface area contributed by atoms with Gasteiger partial charge in [-0.25, -0.2) is 8.42 Å². The van der Waals surface area contributed by atoms with Gasteiger partial charge in [-0.05, 0) is 38.0 Å². The summed E-state index contributed by atoms with van der Waals surface area (Å²) in [5.74, 6) is -0.225. The first-order valence-electron chi connectivity index (χ1n) is 6.32. The molecule has 1 amide bonds. The minimum atomic E-state index is -3.97. The van der Waals surface area contributed by atoms with Crippen LogP contribution in [0, 0.1) is 6.92 Å². The summed E-state index contributed by atoms with van der Waals surface area (Å²) in [5.41, 5.74) is 0.569. The summed E-state index contributed by atoms with van der Waals surface area (Å²) < 4.78 is 29.1. The summed E-state index contributed by atoms with van der Waals surface area (Å²) >= 11 is 3.20. The number of rotatable bonds is 6. The van der Waals surface area contributed by atoms with Gasteiger partial charge in [0, 0.05) is 21.2 Å². The predicted molar refractivity (Wildman–Crippen MR) is 85.3 cm³/mol. The maximum atomic E-state index is 11.7. The zero-order valence-corrected chi connectivity index (χ0v) is 15.1. The van der Waals surface area contributed by atoms with Crippen LogP contribution in [0.2, 0.25) is 0 Å². The highest BCUT2D eigenvalue weighted by atomic mass is 79.9. The number of ether oxygens (including phenoxy) is 1. The molecule has 0 spiro atoms. The number of benzene rings is 1. The Hall–Kier alpha value is -0.790. The molecule has 1 unspecified atom stereocenters. The van der Waals surface area contributed by atoms with Crippen molar-refractivity contribution in [2.45, 2.75) is 38.1 Å². The maximum Gasteiger partial charge on any atom is 0.265 e. The Labute approximate surface area is 137 Å². The highest BCUT2D eigenvalue weighted by molar-refractivity contribution is 9.10. The monoisotopic (exact) mass is 397 g/mol. The van der Waals surface area contributed by atoms with Crippen molar-refractivity contribution < 1.29 is 17.9 Å². The quantitative estimate of drug-likeness (QED) is 0.748. The van der Waals surface area contributed by atoms with Gasteiger partial charge in [0.1, 0.15) is 10.6 Å². The van der Waals surface area contributed by atoms with Crippen LogP contribution in [0.15, 0.2) is 21.5 Å². The number of hydrogen-bond acceptors (Lipinski definition) is 4. The first kappa shape index (κ1) is 18.3. The molecular weight excluding hydrogens is 382 g/mol. The fraction of sp³-hybridized carbons (Fsp3) is 0.462. The summed E-state index contributed by atoms with van der Waals surface area (Å²) in [6.45, 7) is 5.23. The minimum Gasteiger partial charge on any atom is -0.482 e. The van der Waals surface area contributed by atoms with Crippen molar-refractivity contribution in [1.29, 1.82) is 0 Å². The third-order valence-corrected chi connectivity index (χ3v) is 4.62. The van der Waals surface area contributed by atoms with E-state index in [-0.39, 0.29) is 29.2 Å². The molecule has 118 valence electrons. The van der Waals surface area contributed by atoms with Crippen LogP contribution < -0.4 is 10.1 Å². The smallest absolute Gasteiger partial charge is 0.265 e. The van der Waals surface area contributed by atoms with Crippen LogP contribution in [-0.2, 0) is 13.8 Å². The highest BCUT2D eigenvalue weighted by Gasteiger charge is 2.21. The van der Waals surface area contributed by atoms with Gasteiger partial charge in [0.05, 0.1) is 0 Å². The second-order valence-electron chi connectivity index (χ2n) is 4.65. The first-order chi connectivity index (χ1) is 9.65. The molecule has 0 aliphatic rings. The maximum absolute atomic E-state index is 11.7. The van der Waals surface area contributed by atoms with Gasteiger partial charge in [0.25, 0.3) is 15.0 Å². The van der Waals surface area contributed by atoms with E-state index in [1.165, 1.54) is 6.07 Å². The van der Waals surface area contributed by atoms with E-state index in [0.717, 1.165) is 6.42 Å². The third-order valence-electron chi connectivity index (χ3n) is 2.84. The van der Waals surface area contributed by atoms with E-state index < -0.39 is 9.05 Å². The number of nitrogens with one attached hydrogen (secondary N) is 1. The van der Waals surface area contributed by atoms with E-state index in [2.05, 4.69) is 21.2 Å². The molecule has 0 aromatic heterocycles. The third kappa shape index (κ3) is 5.48. The molecule has 0 fully saturated rings. The van der Waals surface area contributed by atoms with Gasteiger partial charge in [0.2, 0.25) is 0 Å². The topological polar surface area (TPSA) is 72.5 Å². The Bertz CT molecular complexity index is 633. The summed E-state index contributed by atoms with van der Waals surface area (Å²) in [4.78, 5) is 11.5. The molecule has 0 bridgehead atoms. The Morgan fingerprint density at radius 1 is 1.48 bits per heavy atom. The molecule has 0 saturated heterocycles.